The van der Waals surface area contributed by atoms with Crippen LogP contribution in [0.4, 0.5) is 0 Å². The number of halogens is 2. The van der Waals surface area contributed by atoms with Crippen LogP contribution in [0.2, 0.25) is 5.02 Å². The van der Waals surface area contributed by atoms with Crippen LogP contribution in [0.15, 0.2) is 54.6 Å². The van der Waals surface area contributed by atoms with Gasteiger partial charge in [0.05, 0.1) is 23.7 Å². The van der Waals surface area contributed by atoms with Gasteiger partial charge in [-0.15, -0.1) is 0 Å². The lowest BCUT2D eigenvalue weighted by molar-refractivity contribution is -0.159. The predicted molar refractivity (Wildman–Crippen MR) is 142 cm³/mol. The third-order valence-electron chi connectivity index (χ3n) is 6.58. The Morgan fingerprint density at radius 2 is 1.80 bits per heavy atom. The molecule has 6 nitrogen and oxygen atoms in total. The lowest BCUT2D eigenvalue weighted by Gasteiger charge is -2.35. The van der Waals surface area contributed by atoms with Crippen LogP contribution in [0.25, 0.3) is 10.8 Å². The van der Waals surface area contributed by atoms with E-state index in [-0.39, 0.29) is 35.0 Å². The standard InChI is InChI=1S/C27H26ClIO6/c1-27(26(31)33-16-18-8-5-7-17-6-3-4-9-21(17)18)12-10-19(11-13-27)34-20-14-22(25(30)35-29)24(32-2)23(28)15-20/h3-9,14-15,19H,10-13,16H2,1-2H3. The number of carbonyl (C=O) groups is 2. The lowest BCUT2D eigenvalue weighted by atomic mass is 9.74. The molecule has 0 radical (unpaired) electrons. The molecule has 0 N–H and O–H groups in total. The Morgan fingerprint density at radius 1 is 1.09 bits per heavy atom. The van der Waals surface area contributed by atoms with Gasteiger partial charge >= 0.3 is 11.9 Å². The molecule has 0 atom stereocenters. The summed E-state index contributed by atoms with van der Waals surface area (Å²) in [5, 5.41) is 2.48. The van der Waals surface area contributed by atoms with Gasteiger partial charge in [0, 0.05) is 6.07 Å². The van der Waals surface area contributed by atoms with Crippen molar-refractivity contribution in [2.45, 2.75) is 45.3 Å². The first-order valence-corrected chi connectivity index (χ1v) is 12.6. The van der Waals surface area contributed by atoms with Gasteiger partial charge in [-0.25, -0.2) is 4.79 Å². The number of esters is 1. The summed E-state index contributed by atoms with van der Waals surface area (Å²) in [4.78, 5) is 25.1. The van der Waals surface area contributed by atoms with Gasteiger partial charge in [-0.1, -0.05) is 54.1 Å². The maximum Gasteiger partial charge on any atom is 0.351 e. The van der Waals surface area contributed by atoms with Crippen molar-refractivity contribution < 1.29 is 26.9 Å². The van der Waals surface area contributed by atoms with Gasteiger partial charge in [0.1, 0.15) is 17.9 Å². The molecule has 4 rings (SSSR count). The minimum Gasteiger partial charge on any atom is -0.494 e. The molecule has 0 amide bonds. The van der Waals surface area contributed by atoms with Crippen molar-refractivity contribution in [3.05, 3.63) is 70.7 Å². The molecule has 0 saturated heterocycles. The van der Waals surface area contributed by atoms with E-state index >= 15 is 0 Å². The Kier molecular flexibility index (Phi) is 8.06. The molecule has 1 fully saturated rings. The summed E-state index contributed by atoms with van der Waals surface area (Å²) in [6, 6.07) is 17.3. The zero-order valence-corrected chi connectivity index (χ0v) is 22.4. The Hall–Kier alpha value is -2.52. The average molecular weight is 609 g/mol. The first-order chi connectivity index (χ1) is 16.8. The third kappa shape index (κ3) is 5.67. The van der Waals surface area contributed by atoms with Crippen LogP contribution in [0.3, 0.4) is 0 Å². The molecule has 8 heteroatoms. The second kappa shape index (κ2) is 11.0. The zero-order valence-electron chi connectivity index (χ0n) is 19.5. The molecule has 1 aliphatic rings. The van der Waals surface area contributed by atoms with Crippen molar-refractivity contribution in [2.75, 3.05) is 7.11 Å². The first kappa shape index (κ1) is 25.6. The summed E-state index contributed by atoms with van der Waals surface area (Å²) in [7, 11) is 1.44. The number of carbonyl (C=O) groups excluding carboxylic acids is 2. The average Bonchev–Trinajstić information content (AvgIpc) is 2.87. The van der Waals surface area contributed by atoms with Gasteiger partial charge in [-0.05, 0) is 55.0 Å². The molecule has 1 aliphatic carbocycles. The van der Waals surface area contributed by atoms with Crippen LogP contribution in [0, 0.1) is 5.41 Å². The third-order valence-corrected chi connectivity index (χ3v) is 7.26. The fourth-order valence-corrected chi connectivity index (χ4v) is 5.04. The Labute approximate surface area is 223 Å². The highest BCUT2D eigenvalue weighted by Gasteiger charge is 2.39. The van der Waals surface area contributed by atoms with E-state index in [4.69, 9.17) is 28.9 Å². The second-order valence-electron chi connectivity index (χ2n) is 8.94. The topological polar surface area (TPSA) is 71.1 Å². The molecule has 184 valence electrons. The van der Waals surface area contributed by atoms with Crippen LogP contribution >= 0.6 is 34.6 Å². The molecule has 0 unspecified atom stereocenters. The largest absolute Gasteiger partial charge is 0.494 e. The summed E-state index contributed by atoms with van der Waals surface area (Å²) >= 11 is 7.81. The summed E-state index contributed by atoms with van der Waals surface area (Å²) < 4.78 is 21.9. The number of fused-ring (bicyclic) bond motifs is 1. The normalized spacial score (nSPS) is 19.7. The molecule has 3 aromatic carbocycles. The molecule has 1 saturated carbocycles. The highest BCUT2D eigenvalue weighted by molar-refractivity contribution is 14.1. The quantitative estimate of drug-likeness (QED) is 0.211. The van der Waals surface area contributed by atoms with Gasteiger partial charge < -0.3 is 17.3 Å². The number of hydrogen-bond acceptors (Lipinski definition) is 6. The minimum atomic E-state index is -0.571. The van der Waals surface area contributed by atoms with Gasteiger partial charge in [0.25, 0.3) is 0 Å². The molecule has 0 bridgehead atoms. The highest BCUT2D eigenvalue weighted by atomic mass is 127. The summed E-state index contributed by atoms with van der Waals surface area (Å²) in [6.07, 6.45) is 2.52. The lowest BCUT2D eigenvalue weighted by Crippen LogP contribution is -2.37. The predicted octanol–water partition coefficient (Wildman–Crippen LogP) is 7.08. The maximum atomic E-state index is 13.0. The fraction of sp³-hybridized carbons (Fsp3) is 0.333. The number of benzene rings is 3. The molecule has 0 spiro atoms. The van der Waals surface area contributed by atoms with Crippen LogP contribution in [0.5, 0.6) is 11.5 Å². The van der Waals surface area contributed by atoms with Gasteiger partial charge in [-0.2, -0.15) is 0 Å². The summed E-state index contributed by atoms with van der Waals surface area (Å²) in [5.41, 5.74) is 0.620. The maximum absolute atomic E-state index is 13.0. The Morgan fingerprint density at radius 3 is 2.51 bits per heavy atom. The number of rotatable bonds is 7. The van der Waals surface area contributed by atoms with Gasteiger partial charge in [0.2, 0.25) is 0 Å². The fourth-order valence-electron chi connectivity index (χ4n) is 4.52. The van der Waals surface area contributed by atoms with Crippen LogP contribution in [-0.4, -0.2) is 25.2 Å². The monoisotopic (exact) mass is 608 g/mol. The zero-order chi connectivity index (χ0) is 25.0. The number of ether oxygens (including phenoxy) is 3. The smallest absolute Gasteiger partial charge is 0.351 e. The van der Waals surface area contributed by atoms with Gasteiger partial charge in [0.15, 0.2) is 28.8 Å². The van der Waals surface area contributed by atoms with Crippen molar-refractivity contribution in [3.8, 4) is 11.5 Å². The van der Waals surface area contributed by atoms with E-state index in [2.05, 4.69) is 0 Å². The van der Waals surface area contributed by atoms with E-state index in [9.17, 15) is 9.59 Å². The molecule has 0 aliphatic heterocycles. The highest BCUT2D eigenvalue weighted by Crippen LogP contribution is 2.40. The molecule has 3 aromatic rings. The van der Waals surface area contributed by atoms with E-state index in [1.807, 2.05) is 49.4 Å². The Balaban J connectivity index is 1.37. The van der Waals surface area contributed by atoms with Crippen LogP contribution in [-0.2, 0) is 19.2 Å². The second-order valence-corrected chi connectivity index (χ2v) is 9.79. The molecular weight excluding hydrogens is 583 g/mol. The summed E-state index contributed by atoms with van der Waals surface area (Å²) in [6.45, 7) is 2.20. The van der Waals surface area contributed by atoms with E-state index in [0.717, 1.165) is 16.3 Å². The number of methoxy groups -OCH3 is 1. The molecule has 0 heterocycles. The van der Waals surface area contributed by atoms with E-state index in [1.165, 1.54) is 30.1 Å². The van der Waals surface area contributed by atoms with Crippen molar-refractivity contribution in [2.24, 2.45) is 5.41 Å². The first-order valence-electron chi connectivity index (χ1n) is 11.4. The van der Waals surface area contributed by atoms with Crippen LogP contribution < -0.4 is 9.47 Å². The Bertz CT molecular complexity index is 1230. The summed E-state index contributed by atoms with van der Waals surface area (Å²) in [5.74, 6) is -0.0611. The van der Waals surface area contributed by atoms with E-state index < -0.39 is 11.4 Å². The van der Waals surface area contributed by atoms with Crippen molar-refractivity contribution in [1.82, 2.24) is 0 Å². The SMILES string of the molecule is COc1c(Cl)cc(OC2CCC(C)(C(=O)OCc3cccc4ccccc34)CC2)cc1C(=O)OI. The molecule has 0 aromatic heterocycles. The van der Waals surface area contributed by atoms with Crippen molar-refractivity contribution in [1.29, 1.82) is 0 Å². The van der Waals surface area contributed by atoms with E-state index in [1.54, 1.807) is 12.1 Å². The molecule has 35 heavy (non-hydrogen) atoms. The van der Waals surface area contributed by atoms with Gasteiger partial charge in [-0.3, -0.25) is 4.79 Å². The number of hydrogen-bond donors (Lipinski definition) is 0. The van der Waals surface area contributed by atoms with Crippen molar-refractivity contribution >= 4 is 57.3 Å². The van der Waals surface area contributed by atoms with Crippen LogP contribution in [0.1, 0.15) is 48.5 Å². The minimum absolute atomic E-state index is 0.109. The molecular formula is C27H26ClIO6. The van der Waals surface area contributed by atoms with Crippen molar-refractivity contribution in [3.63, 3.8) is 0 Å². The van der Waals surface area contributed by atoms with E-state index in [0.29, 0.717) is 31.4 Å².